The third kappa shape index (κ3) is 3.18. The van der Waals surface area contributed by atoms with E-state index in [9.17, 15) is 4.79 Å². The Labute approximate surface area is 82.7 Å². The van der Waals surface area contributed by atoms with Crippen molar-refractivity contribution in [2.24, 2.45) is 0 Å². The molecule has 78 valence electrons. The molecule has 0 aliphatic carbocycles. The van der Waals surface area contributed by atoms with Gasteiger partial charge in [0.05, 0.1) is 6.61 Å². The van der Waals surface area contributed by atoms with Crippen molar-refractivity contribution in [3.63, 3.8) is 0 Å². The molecule has 1 aromatic rings. The summed E-state index contributed by atoms with van der Waals surface area (Å²) in [6.45, 7) is 2.82. The van der Waals surface area contributed by atoms with Gasteiger partial charge in [0.1, 0.15) is 0 Å². The van der Waals surface area contributed by atoms with Crippen LogP contribution in [0.4, 0.5) is 0 Å². The summed E-state index contributed by atoms with van der Waals surface area (Å²) in [5.41, 5.74) is 1.04. The molecule has 0 saturated heterocycles. The SMILES string of the molecule is Cc1ccnn1CCC(=O)NCCO. The fraction of sp³-hybridized carbons (Fsp3) is 0.556. The van der Waals surface area contributed by atoms with Crippen molar-refractivity contribution in [2.75, 3.05) is 13.2 Å². The summed E-state index contributed by atoms with van der Waals surface area (Å²) in [7, 11) is 0. The van der Waals surface area contributed by atoms with Crippen LogP contribution < -0.4 is 5.32 Å². The molecule has 0 atom stereocenters. The Hall–Kier alpha value is -1.36. The monoisotopic (exact) mass is 197 g/mol. The van der Waals surface area contributed by atoms with Gasteiger partial charge < -0.3 is 10.4 Å². The van der Waals surface area contributed by atoms with Crippen LogP contribution in [0.15, 0.2) is 12.3 Å². The summed E-state index contributed by atoms with van der Waals surface area (Å²) < 4.78 is 1.78. The second-order valence-corrected chi connectivity index (χ2v) is 3.02. The summed E-state index contributed by atoms with van der Waals surface area (Å²) in [5.74, 6) is -0.0612. The van der Waals surface area contributed by atoms with Crippen molar-refractivity contribution in [1.82, 2.24) is 15.1 Å². The van der Waals surface area contributed by atoms with Crippen LogP contribution in [0.5, 0.6) is 0 Å². The number of aliphatic hydroxyl groups excluding tert-OH is 1. The van der Waals surface area contributed by atoms with E-state index in [-0.39, 0.29) is 12.5 Å². The maximum absolute atomic E-state index is 11.1. The normalized spacial score (nSPS) is 10.1. The molecule has 14 heavy (non-hydrogen) atoms. The highest BCUT2D eigenvalue weighted by Gasteiger charge is 2.02. The van der Waals surface area contributed by atoms with Crippen LogP contribution in [0.2, 0.25) is 0 Å². The smallest absolute Gasteiger partial charge is 0.221 e. The van der Waals surface area contributed by atoms with Gasteiger partial charge in [0.2, 0.25) is 5.91 Å². The van der Waals surface area contributed by atoms with Crippen LogP contribution in [0, 0.1) is 6.92 Å². The average Bonchev–Trinajstić information content (AvgIpc) is 2.58. The number of carbonyl (C=O) groups excluding carboxylic acids is 1. The molecule has 0 unspecified atom stereocenters. The second-order valence-electron chi connectivity index (χ2n) is 3.02. The minimum Gasteiger partial charge on any atom is -0.395 e. The molecule has 1 aromatic heterocycles. The highest BCUT2D eigenvalue weighted by Crippen LogP contribution is 1.97. The van der Waals surface area contributed by atoms with Gasteiger partial charge in [-0.1, -0.05) is 0 Å². The number of aliphatic hydroxyl groups is 1. The van der Waals surface area contributed by atoms with Gasteiger partial charge in [-0.25, -0.2) is 0 Å². The molecule has 0 saturated carbocycles. The molecular weight excluding hydrogens is 182 g/mol. The molecule has 0 radical (unpaired) electrons. The maximum Gasteiger partial charge on any atom is 0.221 e. The van der Waals surface area contributed by atoms with Crippen LogP contribution in [0.3, 0.4) is 0 Å². The van der Waals surface area contributed by atoms with Crippen molar-refractivity contribution in [1.29, 1.82) is 0 Å². The number of nitrogens with zero attached hydrogens (tertiary/aromatic N) is 2. The number of amides is 1. The summed E-state index contributed by atoms with van der Waals surface area (Å²) >= 11 is 0. The second kappa shape index (κ2) is 5.39. The van der Waals surface area contributed by atoms with E-state index in [2.05, 4.69) is 10.4 Å². The first-order valence-corrected chi connectivity index (χ1v) is 4.60. The van der Waals surface area contributed by atoms with Gasteiger partial charge in [0.25, 0.3) is 0 Å². The number of aromatic nitrogens is 2. The summed E-state index contributed by atoms with van der Waals surface area (Å²) in [5, 5.41) is 15.1. The summed E-state index contributed by atoms with van der Waals surface area (Å²) in [6, 6.07) is 1.89. The third-order valence-electron chi connectivity index (χ3n) is 1.91. The third-order valence-corrected chi connectivity index (χ3v) is 1.91. The summed E-state index contributed by atoms with van der Waals surface area (Å²) in [6.07, 6.45) is 2.10. The standard InChI is InChI=1S/C9H15N3O2/c1-8-2-4-11-12(8)6-3-9(14)10-5-7-13/h2,4,13H,3,5-7H2,1H3,(H,10,14). The van der Waals surface area contributed by atoms with Gasteiger partial charge in [-0.3, -0.25) is 9.48 Å². The Balaban J connectivity index is 2.27. The largest absolute Gasteiger partial charge is 0.395 e. The average molecular weight is 197 g/mol. The maximum atomic E-state index is 11.1. The van der Waals surface area contributed by atoms with Crippen LogP contribution >= 0.6 is 0 Å². The Kier molecular flexibility index (Phi) is 4.12. The fourth-order valence-electron chi connectivity index (χ4n) is 1.12. The molecule has 0 aliphatic heterocycles. The van der Waals surface area contributed by atoms with Crippen LogP contribution in [0.25, 0.3) is 0 Å². The van der Waals surface area contributed by atoms with Gasteiger partial charge in [-0.2, -0.15) is 5.10 Å². The van der Waals surface area contributed by atoms with Crippen molar-refractivity contribution in [3.05, 3.63) is 18.0 Å². The lowest BCUT2D eigenvalue weighted by atomic mass is 10.4. The molecule has 2 N–H and O–H groups in total. The lowest BCUT2D eigenvalue weighted by Crippen LogP contribution is -2.27. The van der Waals surface area contributed by atoms with E-state index in [0.717, 1.165) is 5.69 Å². The van der Waals surface area contributed by atoms with Crippen molar-refractivity contribution < 1.29 is 9.90 Å². The molecule has 1 amide bonds. The van der Waals surface area contributed by atoms with Crippen molar-refractivity contribution >= 4 is 5.91 Å². The van der Waals surface area contributed by atoms with Gasteiger partial charge in [0, 0.05) is 31.4 Å². The minimum absolute atomic E-state index is 0.0213. The number of hydrogen-bond acceptors (Lipinski definition) is 3. The minimum atomic E-state index is -0.0612. The van der Waals surface area contributed by atoms with E-state index in [0.29, 0.717) is 19.5 Å². The molecular formula is C9H15N3O2. The highest BCUT2D eigenvalue weighted by atomic mass is 16.3. The molecule has 5 nitrogen and oxygen atoms in total. The molecule has 0 fully saturated rings. The van der Waals surface area contributed by atoms with Gasteiger partial charge >= 0.3 is 0 Å². The van der Waals surface area contributed by atoms with E-state index in [1.54, 1.807) is 10.9 Å². The number of nitrogens with one attached hydrogen (secondary N) is 1. The molecule has 5 heteroatoms. The lowest BCUT2D eigenvalue weighted by Gasteiger charge is -2.04. The number of hydrogen-bond donors (Lipinski definition) is 2. The Morgan fingerprint density at radius 3 is 3.07 bits per heavy atom. The molecule has 0 aliphatic rings. The predicted molar refractivity (Wildman–Crippen MR) is 51.7 cm³/mol. The quantitative estimate of drug-likeness (QED) is 0.680. The molecule has 0 bridgehead atoms. The molecule has 0 spiro atoms. The first kappa shape index (κ1) is 10.7. The molecule has 1 heterocycles. The van der Waals surface area contributed by atoms with Gasteiger partial charge in [-0.05, 0) is 13.0 Å². The Bertz CT molecular complexity index is 296. The topological polar surface area (TPSA) is 67.2 Å². The number of rotatable bonds is 5. The molecule has 1 rings (SSSR count). The van der Waals surface area contributed by atoms with Gasteiger partial charge in [0.15, 0.2) is 0 Å². The van der Waals surface area contributed by atoms with Gasteiger partial charge in [-0.15, -0.1) is 0 Å². The molecule has 0 aromatic carbocycles. The lowest BCUT2D eigenvalue weighted by molar-refractivity contribution is -0.121. The van der Waals surface area contributed by atoms with E-state index >= 15 is 0 Å². The zero-order valence-corrected chi connectivity index (χ0v) is 8.23. The predicted octanol–water partition coefficient (Wildman–Crippen LogP) is -0.310. The van der Waals surface area contributed by atoms with E-state index in [1.165, 1.54) is 0 Å². The highest BCUT2D eigenvalue weighted by molar-refractivity contribution is 5.75. The number of carbonyl (C=O) groups is 1. The van der Waals surface area contributed by atoms with Crippen LogP contribution in [-0.2, 0) is 11.3 Å². The summed E-state index contributed by atoms with van der Waals surface area (Å²) in [4.78, 5) is 11.1. The van der Waals surface area contributed by atoms with Crippen LogP contribution in [0.1, 0.15) is 12.1 Å². The first-order chi connectivity index (χ1) is 6.74. The zero-order valence-electron chi connectivity index (χ0n) is 8.23. The Morgan fingerprint density at radius 2 is 2.50 bits per heavy atom. The Morgan fingerprint density at radius 1 is 1.71 bits per heavy atom. The van der Waals surface area contributed by atoms with Crippen LogP contribution in [-0.4, -0.2) is 33.9 Å². The van der Waals surface area contributed by atoms with E-state index in [4.69, 9.17) is 5.11 Å². The van der Waals surface area contributed by atoms with Crippen molar-refractivity contribution in [2.45, 2.75) is 19.9 Å². The van der Waals surface area contributed by atoms with E-state index in [1.807, 2.05) is 13.0 Å². The zero-order chi connectivity index (χ0) is 10.4. The number of aryl methyl sites for hydroxylation is 2. The van der Waals surface area contributed by atoms with E-state index < -0.39 is 0 Å². The van der Waals surface area contributed by atoms with Crippen molar-refractivity contribution in [3.8, 4) is 0 Å². The first-order valence-electron chi connectivity index (χ1n) is 4.60. The fourth-order valence-corrected chi connectivity index (χ4v) is 1.12.